The number of alkyl halides is 1. The van der Waals surface area contributed by atoms with Crippen molar-refractivity contribution in [2.75, 3.05) is 19.6 Å². The summed E-state index contributed by atoms with van der Waals surface area (Å²) in [6.45, 7) is 7.43. The van der Waals surface area contributed by atoms with Gasteiger partial charge in [0.25, 0.3) is 0 Å². The van der Waals surface area contributed by atoms with Crippen LogP contribution in [0.4, 0.5) is 4.39 Å². The Kier molecular flexibility index (Phi) is 3.30. The number of piperidine rings is 1. The van der Waals surface area contributed by atoms with Gasteiger partial charge in [-0.15, -0.1) is 0 Å². The number of β-amino-alcohol motifs (C(OH)–C–C–N with tert-alkyl or cyclic N) is 1. The molecule has 3 heteroatoms. The van der Waals surface area contributed by atoms with E-state index in [1.165, 1.54) is 0 Å². The van der Waals surface area contributed by atoms with Crippen molar-refractivity contribution in [3.63, 3.8) is 0 Å². The fraction of sp³-hybridized carbons (Fsp3) is 1.00. The average molecular weight is 189 g/mol. The van der Waals surface area contributed by atoms with E-state index < -0.39 is 11.8 Å². The summed E-state index contributed by atoms with van der Waals surface area (Å²) in [7, 11) is 0. The Balaban J connectivity index is 2.38. The molecule has 0 amide bonds. The van der Waals surface area contributed by atoms with E-state index in [2.05, 4.69) is 0 Å². The van der Waals surface area contributed by atoms with Crippen LogP contribution in [0.2, 0.25) is 0 Å². The van der Waals surface area contributed by atoms with Crippen molar-refractivity contribution in [3.05, 3.63) is 0 Å². The minimum Gasteiger partial charge on any atom is -0.389 e. The van der Waals surface area contributed by atoms with Gasteiger partial charge in [0, 0.05) is 13.1 Å². The number of hydrogen-bond acceptors (Lipinski definition) is 2. The monoisotopic (exact) mass is 189 g/mol. The van der Waals surface area contributed by atoms with E-state index in [4.69, 9.17) is 0 Å². The van der Waals surface area contributed by atoms with Crippen LogP contribution in [-0.4, -0.2) is 41.4 Å². The molecule has 0 aromatic carbocycles. The second-order valence-electron chi connectivity index (χ2n) is 4.83. The molecule has 13 heavy (non-hydrogen) atoms. The number of rotatable bonds is 2. The van der Waals surface area contributed by atoms with Crippen LogP contribution in [0.15, 0.2) is 0 Å². The molecule has 0 radical (unpaired) electrons. The Bertz CT molecular complexity index is 167. The van der Waals surface area contributed by atoms with E-state index in [0.29, 0.717) is 13.1 Å². The standard InChI is InChI=1S/C10H20FNO/c1-8-4-5-12(6-9(8)11)7-10(2,3)13/h8-9,13H,4-7H2,1-3H3/t8-,9+/m1/s1. The smallest absolute Gasteiger partial charge is 0.115 e. The van der Waals surface area contributed by atoms with E-state index >= 15 is 0 Å². The number of nitrogens with zero attached hydrogens (tertiary/aromatic N) is 1. The second kappa shape index (κ2) is 3.93. The lowest BCUT2D eigenvalue weighted by atomic mass is 9.96. The SMILES string of the molecule is C[C@@H]1CCN(CC(C)(C)O)C[C@@H]1F. The number of likely N-dealkylation sites (tertiary alicyclic amines) is 1. The molecular weight excluding hydrogens is 169 g/mol. The molecule has 0 saturated carbocycles. The van der Waals surface area contributed by atoms with E-state index in [1.54, 1.807) is 13.8 Å². The van der Waals surface area contributed by atoms with Gasteiger partial charge in [-0.2, -0.15) is 0 Å². The lowest BCUT2D eigenvalue weighted by Crippen LogP contribution is -2.46. The van der Waals surface area contributed by atoms with Crippen LogP contribution in [0.1, 0.15) is 27.2 Å². The molecule has 0 aromatic heterocycles. The molecule has 0 unspecified atom stereocenters. The summed E-state index contributed by atoms with van der Waals surface area (Å²) in [6.07, 6.45) is 0.174. The zero-order chi connectivity index (χ0) is 10.1. The summed E-state index contributed by atoms with van der Waals surface area (Å²) < 4.78 is 13.3. The van der Waals surface area contributed by atoms with Crippen molar-refractivity contribution in [2.45, 2.75) is 39.0 Å². The second-order valence-corrected chi connectivity index (χ2v) is 4.83. The first-order chi connectivity index (χ1) is 5.88. The molecule has 78 valence electrons. The van der Waals surface area contributed by atoms with Crippen molar-refractivity contribution in [1.29, 1.82) is 0 Å². The van der Waals surface area contributed by atoms with Crippen LogP contribution in [0, 0.1) is 5.92 Å². The molecule has 0 spiro atoms. The lowest BCUT2D eigenvalue weighted by Gasteiger charge is -2.36. The number of halogens is 1. The van der Waals surface area contributed by atoms with Crippen molar-refractivity contribution in [3.8, 4) is 0 Å². The van der Waals surface area contributed by atoms with Crippen LogP contribution in [-0.2, 0) is 0 Å². The fourth-order valence-corrected chi connectivity index (χ4v) is 1.78. The minimum absolute atomic E-state index is 0.179. The van der Waals surface area contributed by atoms with E-state index in [1.807, 2.05) is 11.8 Å². The Morgan fingerprint density at radius 1 is 1.54 bits per heavy atom. The highest BCUT2D eigenvalue weighted by Gasteiger charge is 2.28. The predicted octanol–water partition coefficient (Wildman–Crippen LogP) is 1.44. The number of aliphatic hydroxyl groups is 1. The molecule has 2 atom stereocenters. The van der Waals surface area contributed by atoms with Crippen molar-refractivity contribution >= 4 is 0 Å². The van der Waals surface area contributed by atoms with Crippen LogP contribution >= 0.6 is 0 Å². The Labute approximate surface area is 79.7 Å². The molecule has 0 bridgehead atoms. The van der Waals surface area contributed by atoms with Gasteiger partial charge < -0.3 is 5.11 Å². The minimum atomic E-state index is -0.726. The third-order valence-electron chi connectivity index (χ3n) is 2.56. The highest BCUT2D eigenvalue weighted by molar-refractivity contribution is 4.81. The molecule has 1 aliphatic heterocycles. The van der Waals surface area contributed by atoms with Gasteiger partial charge in [0.05, 0.1) is 5.60 Å². The molecule has 1 fully saturated rings. The quantitative estimate of drug-likeness (QED) is 0.710. The highest BCUT2D eigenvalue weighted by Crippen LogP contribution is 2.21. The summed E-state index contributed by atoms with van der Waals surface area (Å²) in [4.78, 5) is 2.00. The van der Waals surface area contributed by atoms with Crippen LogP contribution in [0.5, 0.6) is 0 Å². The van der Waals surface area contributed by atoms with Gasteiger partial charge in [0.1, 0.15) is 6.17 Å². The Morgan fingerprint density at radius 2 is 2.15 bits per heavy atom. The van der Waals surface area contributed by atoms with Gasteiger partial charge >= 0.3 is 0 Å². The largest absolute Gasteiger partial charge is 0.389 e. The summed E-state index contributed by atoms with van der Waals surface area (Å²) in [5.41, 5.74) is -0.708. The fourth-order valence-electron chi connectivity index (χ4n) is 1.78. The lowest BCUT2D eigenvalue weighted by molar-refractivity contribution is 0.00602. The van der Waals surface area contributed by atoms with Gasteiger partial charge in [0.15, 0.2) is 0 Å². The first-order valence-corrected chi connectivity index (χ1v) is 4.97. The Hall–Kier alpha value is -0.150. The summed E-state index contributed by atoms with van der Waals surface area (Å²) in [5, 5.41) is 9.56. The highest BCUT2D eigenvalue weighted by atomic mass is 19.1. The van der Waals surface area contributed by atoms with E-state index in [-0.39, 0.29) is 5.92 Å². The topological polar surface area (TPSA) is 23.5 Å². The molecule has 0 aliphatic carbocycles. The average Bonchev–Trinajstić information content (AvgIpc) is 1.94. The van der Waals surface area contributed by atoms with Crippen molar-refractivity contribution < 1.29 is 9.50 Å². The van der Waals surface area contributed by atoms with Crippen molar-refractivity contribution in [1.82, 2.24) is 4.90 Å². The molecule has 1 saturated heterocycles. The summed E-state index contributed by atoms with van der Waals surface area (Å²) >= 11 is 0. The molecule has 0 aromatic rings. The van der Waals surface area contributed by atoms with Crippen LogP contribution < -0.4 is 0 Å². The maximum Gasteiger partial charge on any atom is 0.115 e. The van der Waals surface area contributed by atoms with E-state index in [0.717, 1.165) is 13.0 Å². The maximum atomic E-state index is 13.3. The Morgan fingerprint density at radius 3 is 2.62 bits per heavy atom. The molecule has 1 aliphatic rings. The molecule has 1 rings (SSSR count). The van der Waals surface area contributed by atoms with Gasteiger partial charge in [0.2, 0.25) is 0 Å². The zero-order valence-corrected chi connectivity index (χ0v) is 8.76. The normalized spacial score (nSPS) is 32.1. The van der Waals surface area contributed by atoms with Crippen LogP contribution in [0.3, 0.4) is 0 Å². The third-order valence-corrected chi connectivity index (χ3v) is 2.56. The maximum absolute atomic E-state index is 13.3. The summed E-state index contributed by atoms with van der Waals surface area (Å²) in [6, 6.07) is 0. The van der Waals surface area contributed by atoms with Crippen molar-refractivity contribution in [2.24, 2.45) is 5.92 Å². The molecular formula is C10H20FNO. The van der Waals surface area contributed by atoms with E-state index in [9.17, 15) is 9.50 Å². The first kappa shape index (κ1) is 10.9. The first-order valence-electron chi connectivity index (χ1n) is 4.97. The molecule has 1 N–H and O–H groups in total. The van der Waals surface area contributed by atoms with Gasteiger partial charge in [-0.3, -0.25) is 4.90 Å². The number of hydrogen-bond donors (Lipinski definition) is 1. The van der Waals surface area contributed by atoms with Gasteiger partial charge in [-0.1, -0.05) is 6.92 Å². The molecule has 1 heterocycles. The van der Waals surface area contributed by atoms with Crippen LogP contribution in [0.25, 0.3) is 0 Å². The zero-order valence-electron chi connectivity index (χ0n) is 8.76. The van der Waals surface area contributed by atoms with Gasteiger partial charge in [-0.05, 0) is 32.7 Å². The predicted molar refractivity (Wildman–Crippen MR) is 51.4 cm³/mol. The summed E-state index contributed by atoms with van der Waals surface area (Å²) in [5.74, 6) is 0.179. The molecule has 2 nitrogen and oxygen atoms in total. The third kappa shape index (κ3) is 3.61. The van der Waals surface area contributed by atoms with Gasteiger partial charge in [-0.25, -0.2) is 4.39 Å².